The van der Waals surface area contributed by atoms with Crippen molar-refractivity contribution in [2.24, 2.45) is 5.41 Å². The molecule has 156 valence electrons. The maximum absolute atomic E-state index is 13.0. The molecule has 7 nitrogen and oxygen atoms in total. The Morgan fingerprint density at radius 3 is 2.10 bits per heavy atom. The molecule has 1 aromatic carbocycles. The molecule has 2 aliphatic heterocycles. The van der Waals surface area contributed by atoms with Crippen molar-refractivity contribution in [3.8, 4) is 0 Å². The third kappa shape index (κ3) is 3.91. The van der Waals surface area contributed by atoms with Gasteiger partial charge in [-0.2, -0.15) is 0 Å². The average Bonchev–Trinajstić information content (AvgIpc) is 2.81. The van der Waals surface area contributed by atoms with E-state index in [1.54, 1.807) is 30.9 Å². The summed E-state index contributed by atoms with van der Waals surface area (Å²) >= 11 is 0. The smallest absolute Gasteiger partial charge is 0.261 e. The predicted molar refractivity (Wildman–Crippen MR) is 109 cm³/mol. The molecule has 4 amide bonds. The third-order valence-electron chi connectivity index (χ3n) is 5.39. The molecule has 2 aliphatic rings. The van der Waals surface area contributed by atoms with Gasteiger partial charge >= 0.3 is 0 Å². The van der Waals surface area contributed by atoms with Crippen molar-refractivity contribution in [3.05, 3.63) is 34.9 Å². The molecule has 0 unspecified atom stereocenters. The molecule has 1 saturated heterocycles. The van der Waals surface area contributed by atoms with Crippen molar-refractivity contribution in [2.45, 2.75) is 47.1 Å². The van der Waals surface area contributed by atoms with E-state index in [4.69, 9.17) is 0 Å². The molecule has 0 saturated carbocycles. The lowest BCUT2D eigenvalue weighted by Crippen LogP contribution is -2.42. The molecule has 0 aliphatic carbocycles. The van der Waals surface area contributed by atoms with E-state index in [1.165, 1.54) is 11.0 Å². The number of benzene rings is 1. The summed E-state index contributed by atoms with van der Waals surface area (Å²) in [6.45, 7) is 11.4. The second-order valence-corrected chi connectivity index (χ2v) is 9.02. The van der Waals surface area contributed by atoms with Gasteiger partial charge in [0.25, 0.3) is 17.7 Å². The largest absolute Gasteiger partial charge is 0.340 e. The molecule has 1 aromatic rings. The Balaban J connectivity index is 1.77. The van der Waals surface area contributed by atoms with Crippen LogP contribution in [0.2, 0.25) is 0 Å². The standard InChI is InChI=1S/C22H29N3O4/c1-14(2)25-19(27)16-8-7-15(13-17(16)20(25)28)18(26)23-9-6-10-24(12-11-23)21(29)22(3,4)5/h7-8,13-14H,6,9-12H2,1-5H3. The van der Waals surface area contributed by atoms with Crippen LogP contribution in [0.4, 0.5) is 0 Å². The van der Waals surface area contributed by atoms with Crippen molar-refractivity contribution < 1.29 is 19.2 Å². The number of amides is 4. The Labute approximate surface area is 171 Å². The second kappa shape index (κ2) is 7.61. The van der Waals surface area contributed by atoms with Crippen LogP contribution in [0, 0.1) is 5.41 Å². The van der Waals surface area contributed by atoms with Crippen molar-refractivity contribution in [1.29, 1.82) is 0 Å². The van der Waals surface area contributed by atoms with Crippen LogP contribution in [0.1, 0.15) is 72.1 Å². The van der Waals surface area contributed by atoms with Crippen LogP contribution in [-0.2, 0) is 4.79 Å². The van der Waals surface area contributed by atoms with Crippen LogP contribution >= 0.6 is 0 Å². The van der Waals surface area contributed by atoms with E-state index in [0.29, 0.717) is 43.7 Å². The van der Waals surface area contributed by atoms with E-state index in [2.05, 4.69) is 0 Å². The first-order valence-corrected chi connectivity index (χ1v) is 10.1. The number of rotatable bonds is 2. The van der Waals surface area contributed by atoms with Gasteiger partial charge in [0.2, 0.25) is 5.91 Å². The normalized spacial score (nSPS) is 17.7. The first-order chi connectivity index (χ1) is 13.5. The van der Waals surface area contributed by atoms with Crippen molar-refractivity contribution in [3.63, 3.8) is 0 Å². The summed E-state index contributed by atoms with van der Waals surface area (Å²) in [6.07, 6.45) is 0.705. The Morgan fingerprint density at radius 2 is 1.48 bits per heavy atom. The molecule has 0 spiro atoms. The van der Waals surface area contributed by atoms with Gasteiger partial charge in [0.05, 0.1) is 11.1 Å². The summed E-state index contributed by atoms with van der Waals surface area (Å²) in [5.41, 5.74) is 0.576. The van der Waals surface area contributed by atoms with Gasteiger partial charge in [-0.1, -0.05) is 20.8 Å². The summed E-state index contributed by atoms with van der Waals surface area (Å²) < 4.78 is 0. The Kier molecular flexibility index (Phi) is 5.52. The first kappa shape index (κ1) is 21.0. The lowest BCUT2D eigenvalue weighted by molar-refractivity contribution is -0.139. The summed E-state index contributed by atoms with van der Waals surface area (Å²) in [4.78, 5) is 55.4. The maximum atomic E-state index is 13.0. The number of hydrogen-bond donors (Lipinski definition) is 0. The van der Waals surface area contributed by atoms with Gasteiger partial charge < -0.3 is 9.80 Å². The highest BCUT2D eigenvalue weighted by Crippen LogP contribution is 2.26. The topological polar surface area (TPSA) is 78.0 Å². The van der Waals surface area contributed by atoms with Crippen LogP contribution in [0.15, 0.2) is 18.2 Å². The third-order valence-corrected chi connectivity index (χ3v) is 5.39. The fourth-order valence-corrected chi connectivity index (χ4v) is 3.84. The van der Waals surface area contributed by atoms with Gasteiger partial charge in [0, 0.05) is 43.2 Å². The minimum Gasteiger partial charge on any atom is -0.340 e. The Hall–Kier alpha value is -2.70. The average molecular weight is 399 g/mol. The van der Waals surface area contributed by atoms with Crippen LogP contribution in [0.25, 0.3) is 0 Å². The number of carbonyl (C=O) groups is 4. The van der Waals surface area contributed by atoms with Crippen LogP contribution in [0.5, 0.6) is 0 Å². The molecule has 29 heavy (non-hydrogen) atoms. The summed E-state index contributed by atoms with van der Waals surface area (Å²) in [5.74, 6) is -0.763. The minimum absolute atomic E-state index is 0.0854. The van der Waals surface area contributed by atoms with Crippen LogP contribution in [0.3, 0.4) is 0 Å². The highest BCUT2D eigenvalue weighted by Gasteiger charge is 2.38. The number of carbonyl (C=O) groups excluding carboxylic acids is 4. The van der Waals surface area contributed by atoms with Gasteiger partial charge in [-0.15, -0.1) is 0 Å². The van der Waals surface area contributed by atoms with E-state index in [0.717, 1.165) is 0 Å². The molecule has 0 radical (unpaired) electrons. The number of imide groups is 1. The maximum Gasteiger partial charge on any atom is 0.261 e. The highest BCUT2D eigenvalue weighted by molar-refractivity contribution is 6.22. The molecule has 2 heterocycles. The molecular weight excluding hydrogens is 370 g/mol. The quantitative estimate of drug-likeness (QED) is 0.716. The molecule has 0 aromatic heterocycles. The monoisotopic (exact) mass is 399 g/mol. The van der Waals surface area contributed by atoms with Gasteiger partial charge in [-0.3, -0.25) is 24.1 Å². The number of fused-ring (bicyclic) bond motifs is 1. The first-order valence-electron chi connectivity index (χ1n) is 10.1. The Bertz CT molecular complexity index is 869. The van der Waals surface area contributed by atoms with Crippen molar-refractivity contribution in [1.82, 2.24) is 14.7 Å². The lowest BCUT2D eigenvalue weighted by atomic mass is 9.94. The fraction of sp³-hybridized carbons (Fsp3) is 0.545. The molecule has 0 N–H and O–H groups in total. The van der Waals surface area contributed by atoms with E-state index in [-0.39, 0.29) is 35.2 Å². The molecule has 7 heteroatoms. The SMILES string of the molecule is CC(C)N1C(=O)c2ccc(C(=O)N3CCCN(C(=O)C(C)(C)C)CC3)cc2C1=O. The summed E-state index contributed by atoms with van der Waals surface area (Å²) in [7, 11) is 0. The van der Waals surface area contributed by atoms with E-state index in [1.807, 2.05) is 25.7 Å². The Morgan fingerprint density at radius 1 is 0.897 bits per heavy atom. The zero-order valence-corrected chi connectivity index (χ0v) is 17.8. The summed E-state index contributed by atoms with van der Waals surface area (Å²) in [6, 6.07) is 4.47. The highest BCUT2D eigenvalue weighted by atomic mass is 16.2. The van der Waals surface area contributed by atoms with Crippen LogP contribution in [-0.4, -0.2) is 70.5 Å². The van der Waals surface area contributed by atoms with Crippen LogP contribution < -0.4 is 0 Å². The lowest BCUT2D eigenvalue weighted by Gasteiger charge is -2.28. The minimum atomic E-state index is -0.450. The molecular formula is C22H29N3O4. The van der Waals surface area contributed by atoms with Gasteiger partial charge in [-0.25, -0.2) is 0 Å². The molecule has 1 fully saturated rings. The van der Waals surface area contributed by atoms with Gasteiger partial charge in [0.1, 0.15) is 0 Å². The molecule has 0 atom stereocenters. The van der Waals surface area contributed by atoms with E-state index in [9.17, 15) is 19.2 Å². The zero-order valence-electron chi connectivity index (χ0n) is 17.8. The molecule has 0 bridgehead atoms. The zero-order chi connectivity index (χ0) is 21.5. The fourth-order valence-electron chi connectivity index (χ4n) is 3.84. The van der Waals surface area contributed by atoms with Crippen molar-refractivity contribution in [2.75, 3.05) is 26.2 Å². The van der Waals surface area contributed by atoms with E-state index < -0.39 is 5.41 Å². The van der Waals surface area contributed by atoms with Crippen molar-refractivity contribution >= 4 is 23.6 Å². The number of hydrogen-bond acceptors (Lipinski definition) is 4. The molecule has 3 rings (SSSR count). The van der Waals surface area contributed by atoms with Gasteiger partial charge in [0.15, 0.2) is 0 Å². The second-order valence-electron chi connectivity index (χ2n) is 9.02. The van der Waals surface area contributed by atoms with E-state index >= 15 is 0 Å². The summed E-state index contributed by atoms with van der Waals surface area (Å²) in [5, 5.41) is 0. The number of nitrogens with zero attached hydrogens (tertiary/aromatic N) is 3. The van der Waals surface area contributed by atoms with Gasteiger partial charge in [-0.05, 0) is 38.5 Å². The predicted octanol–water partition coefficient (Wildman–Crippen LogP) is 2.41.